The van der Waals surface area contributed by atoms with Gasteiger partial charge in [-0.25, -0.2) is 4.98 Å². The van der Waals surface area contributed by atoms with Gasteiger partial charge < -0.3 is 9.67 Å². The number of aliphatic hydroxyl groups excluding tert-OH is 1. The number of hydrogen-bond acceptors (Lipinski definition) is 5. The van der Waals surface area contributed by atoms with Crippen LogP contribution < -0.4 is 0 Å². The van der Waals surface area contributed by atoms with Crippen LogP contribution in [-0.2, 0) is 6.61 Å². The summed E-state index contributed by atoms with van der Waals surface area (Å²) >= 11 is 0. The van der Waals surface area contributed by atoms with Crippen LogP contribution in [0, 0.1) is 17.2 Å². The highest BCUT2D eigenvalue weighted by atomic mass is 16.3. The van der Waals surface area contributed by atoms with Crippen molar-refractivity contribution < 1.29 is 5.11 Å². The minimum absolute atomic E-state index is 0.0859. The number of imidazole rings is 1. The van der Waals surface area contributed by atoms with Crippen LogP contribution in [0.5, 0.6) is 0 Å². The summed E-state index contributed by atoms with van der Waals surface area (Å²) in [5.41, 5.74) is 3.47. The molecule has 3 heterocycles. The fraction of sp³-hybridized carbons (Fsp3) is 0.474. The highest BCUT2D eigenvalue weighted by Gasteiger charge is 2.26. The molecule has 0 unspecified atom stereocenters. The summed E-state index contributed by atoms with van der Waals surface area (Å²) in [4.78, 5) is 13.6. The van der Waals surface area contributed by atoms with Gasteiger partial charge in [0.05, 0.1) is 23.3 Å². The van der Waals surface area contributed by atoms with Crippen molar-refractivity contribution in [2.45, 2.75) is 51.2 Å². The zero-order valence-electron chi connectivity index (χ0n) is 14.1. The first-order valence-corrected chi connectivity index (χ1v) is 8.90. The Labute approximate surface area is 146 Å². The number of hydrogen-bond donors (Lipinski definition) is 1. The largest absolute Gasteiger partial charge is 0.388 e. The normalized spacial score (nSPS) is 20.8. The zero-order chi connectivity index (χ0) is 17.2. The maximum absolute atomic E-state index is 9.83. The molecule has 0 amide bonds. The van der Waals surface area contributed by atoms with Crippen LogP contribution in [0.1, 0.15) is 50.4 Å². The van der Waals surface area contributed by atoms with E-state index in [-0.39, 0.29) is 6.61 Å². The van der Waals surface area contributed by atoms with Gasteiger partial charge in [-0.3, -0.25) is 9.97 Å². The summed E-state index contributed by atoms with van der Waals surface area (Å²) in [5.74, 6) is 1.33. The smallest absolute Gasteiger partial charge is 0.136 e. The molecule has 25 heavy (non-hydrogen) atoms. The van der Waals surface area contributed by atoms with E-state index in [9.17, 15) is 5.11 Å². The molecule has 1 N–H and O–H groups in total. The molecule has 0 aromatic carbocycles. The van der Waals surface area contributed by atoms with Crippen LogP contribution in [0.15, 0.2) is 24.5 Å². The van der Waals surface area contributed by atoms with Gasteiger partial charge in [-0.15, -0.1) is 0 Å². The minimum Gasteiger partial charge on any atom is -0.388 e. The van der Waals surface area contributed by atoms with Crippen LogP contribution in [0.3, 0.4) is 0 Å². The average molecular weight is 335 g/mol. The molecule has 0 saturated heterocycles. The summed E-state index contributed by atoms with van der Waals surface area (Å²) in [6.45, 7) is -0.0859. The highest BCUT2D eigenvalue weighted by Crippen LogP contribution is 2.38. The number of nitriles is 1. The molecular formula is C19H21N5O. The number of aliphatic hydroxyl groups is 1. The van der Waals surface area contributed by atoms with E-state index in [1.165, 1.54) is 0 Å². The topological polar surface area (TPSA) is 87.6 Å². The number of nitrogens with zero attached hydrogens (tertiary/aromatic N) is 5. The van der Waals surface area contributed by atoms with Gasteiger partial charge in [-0.2, -0.15) is 5.26 Å². The van der Waals surface area contributed by atoms with Gasteiger partial charge in [-0.1, -0.05) is 0 Å². The quantitative estimate of drug-likeness (QED) is 0.788. The van der Waals surface area contributed by atoms with Crippen molar-refractivity contribution in [1.82, 2.24) is 19.5 Å². The lowest BCUT2D eigenvalue weighted by Gasteiger charge is -2.30. The van der Waals surface area contributed by atoms with E-state index in [2.05, 4.69) is 25.6 Å². The second kappa shape index (κ2) is 6.77. The van der Waals surface area contributed by atoms with Crippen molar-refractivity contribution in [1.29, 1.82) is 5.26 Å². The Hall–Kier alpha value is -2.52. The summed E-state index contributed by atoms with van der Waals surface area (Å²) in [7, 11) is 0. The van der Waals surface area contributed by atoms with Crippen molar-refractivity contribution in [2.24, 2.45) is 5.92 Å². The monoisotopic (exact) mass is 335 g/mol. The maximum atomic E-state index is 9.83. The minimum atomic E-state index is -0.0859. The van der Waals surface area contributed by atoms with Crippen molar-refractivity contribution in [2.75, 3.05) is 0 Å². The van der Waals surface area contributed by atoms with Gasteiger partial charge in [-0.05, 0) is 50.2 Å². The summed E-state index contributed by atoms with van der Waals surface area (Å²) < 4.78 is 2.19. The predicted octanol–water partition coefficient (Wildman–Crippen LogP) is 3.51. The van der Waals surface area contributed by atoms with E-state index in [4.69, 9.17) is 5.26 Å². The Balaban J connectivity index is 1.74. The molecule has 128 valence electrons. The molecule has 3 aromatic rings. The lowest BCUT2D eigenvalue weighted by molar-refractivity contribution is 0.235. The van der Waals surface area contributed by atoms with Crippen molar-refractivity contribution >= 4 is 22.1 Å². The molecular weight excluding hydrogens is 314 g/mol. The second-order valence-electron chi connectivity index (χ2n) is 6.79. The Bertz CT molecular complexity index is 934. The van der Waals surface area contributed by atoms with E-state index in [1.54, 1.807) is 12.4 Å². The summed E-state index contributed by atoms with van der Waals surface area (Å²) in [5, 5.41) is 18.6. The third-order valence-corrected chi connectivity index (χ3v) is 5.33. The Morgan fingerprint density at radius 1 is 1.20 bits per heavy atom. The second-order valence-corrected chi connectivity index (χ2v) is 6.79. The average Bonchev–Trinajstić information content (AvgIpc) is 3.06. The first kappa shape index (κ1) is 16.0. The van der Waals surface area contributed by atoms with E-state index in [0.717, 1.165) is 54.2 Å². The molecule has 6 heteroatoms. The zero-order valence-corrected chi connectivity index (χ0v) is 14.1. The fourth-order valence-electron chi connectivity index (χ4n) is 4.10. The molecule has 1 aliphatic carbocycles. The molecule has 0 radical (unpaired) electrons. The number of aromatic nitrogens is 4. The molecule has 0 atom stereocenters. The highest BCUT2D eigenvalue weighted by molar-refractivity contribution is 5.99. The number of fused-ring (bicyclic) bond motifs is 3. The summed E-state index contributed by atoms with van der Waals surface area (Å²) in [6.07, 6.45) is 9.52. The third-order valence-electron chi connectivity index (χ3n) is 5.33. The lowest BCUT2D eigenvalue weighted by Crippen LogP contribution is -2.20. The Kier molecular flexibility index (Phi) is 4.33. The fourth-order valence-corrected chi connectivity index (χ4v) is 4.10. The molecule has 0 aliphatic heterocycles. The van der Waals surface area contributed by atoms with E-state index < -0.39 is 0 Å². The third kappa shape index (κ3) is 2.85. The van der Waals surface area contributed by atoms with E-state index in [0.29, 0.717) is 24.2 Å². The van der Waals surface area contributed by atoms with Crippen LogP contribution in [0.2, 0.25) is 0 Å². The van der Waals surface area contributed by atoms with Gasteiger partial charge in [0.1, 0.15) is 23.5 Å². The lowest BCUT2D eigenvalue weighted by atomic mass is 9.83. The van der Waals surface area contributed by atoms with Crippen LogP contribution in [0.4, 0.5) is 0 Å². The number of pyridine rings is 2. The standard InChI is InChI=1S/C19H21N5O/c20-9-1-3-13-5-7-14(8-6-13)24-17(12-25)23-16-11-22-15-4-2-10-21-18(15)19(16)24/h2,4,10-11,13-14,25H,1,3,5-8,12H2. The van der Waals surface area contributed by atoms with Crippen molar-refractivity contribution in [3.63, 3.8) is 0 Å². The molecule has 4 rings (SSSR count). The Morgan fingerprint density at radius 3 is 2.80 bits per heavy atom. The molecule has 1 aliphatic rings. The van der Waals surface area contributed by atoms with Gasteiger partial charge in [0.15, 0.2) is 0 Å². The Morgan fingerprint density at radius 2 is 2.04 bits per heavy atom. The van der Waals surface area contributed by atoms with E-state index in [1.807, 2.05) is 12.1 Å². The van der Waals surface area contributed by atoms with Crippen LogP contribution in [-0.4, -0.2) is 24.6 Å². The summed E-state index contributed by atoms with van der Waals surface area (Å²) in [6, 6.07) is 6.41. The first-order valence-electron chi connectivity index (χ1n) is 8.90. The molecule has 6 nitrogen and oxygen atoms in total. The number of rotatable bonds is 4. The van der Waals surface area contributed by atoms with E-state index >= 15 is 0 Å². The maximum Gasteiger partial charge on any atom is 0.136 e. The van der Waals surface area contributed by atoms with Gasteiger partial charge in [0, 0.05) is 18.7 Å². The van der Waals surface area contributed by atoms with Gasteiger partial charge in [0.25, 0.3) is 0 Å². The van der Waals surface area contributed by atoms with Gasteiger partial charge in [0.2, 0.25) is 0 Å². The molecule has 3 aromatic heterocycles. The molecule has 0 bridgehead atoms. The van der Waals surface area contributed by atoms with Crippen molar-refractivity contribution in [3.05, 3.63) is 30.4 Å². The molecule has 1 saturated carbocycles. The predicted molar refractivity (Wildman–Crippen MR) is 94.6 cm³/mol. The molecule has 1 fully saturated rings. The first-order chi connectivity index (χ1) is 12.3. The van der Waals surface area contributed by atoms with Crippen LogP contribution in [0.25, 0.3) is 22.1 Å². The SMILES string of the molecule is N#CCCC1CCC(n2c(CO)nc3cnc4cccnc4c32)CC1. The molecule has 0 spiro atoms. The van der Waals surface area contributed by atoms with Crippen molar-refractivity contribution in [3.8, 4) is 6.07 Å². The van der Waals surface area contributed by atoms with Crippen LogP contribution >= 0.6 is 0 Å². The van der Waals surface area contributed by atoms with Gasteiger partial charge >= 0.3 is 0 Å².